The molecule has 2 nitrogen and oxygen atoms in total. The summed E-state index contributed by atoms with van der Waals surface area (Å²) in [6.07, 6.45) is 19.4. The van der Waals surface area contributed by atoms with Crippen LogP contribution in [-0.4, -0.2) is 9.97 Å². The molecule has 1 aliphatic rings. The van der Waals surface area contributed by atoms with Gasteiger partial charge in [0, 0.05) is 18.8 Å². The molecule has 1 aromatic carbocycles. The molecule has 0 N–H and O–H groups in total. The molecule has 0 amide bonds. The third-order valence-electron chi connectivity index (χ3n) is 6.47. The highest BCUT2D eigenvalue weighted by Gasteiger charge is 2.22. The highest BCUT2D eigenvalue weighted by Crippen LogP contribution is 2.36. The fourth-order valence-electron chi connectivity index (χ4n) is 4.61. The van der Waals surface area contributed by atoms with Gasteiger partial charge < -0.3 is 0 Å². The molecule has 3 rings (SSSR count). The van der Waals surface area contributed by atoms with Gasteiger partial charge >= 0.3 is 0 Å². The van der Waals surface area contributed by atoms with Crippen LogP contribution in [0.25, 0.3) is 0 Å². The Balaban J connectivity index is 1.44. The summed E-state index contributed by atoms with van der Waals surface area (Å²) in [7, 11) is 0. The number of unbranched alkanes of at least 4 members (excludes halogenated alkanes) is 2. The second-order valence-corrected chi connectivity index (χ2v) is 8.71. The summed E-state index contributed by atoms with van der Waals surface area (Å²) in [5, 5.41) is 0. The van der Waals surface area contributed by atoms with Crippen LogP contribution in [0.1, 0.15) is 100 Å². The van der Waals surface area contributed by atoms with E-state index in [1.165, 1.54) is 80.9 Å². The van der Waals surface area contributed by atoms with Crippen molar-refractivity contribution in [1.29, 1.82) is 0 Å². The van der Waals surface area contributed by atoms with Crippen LogP contribution < -0.4 is 0 Å². The Bertz CT molecular complexity index is 667. The smallest absolute Gasteiger partial charge is 0.128 e. The first-order valence-corrected chi connectivity index (χ1v) is 11.7. The number of hydrogen-bond acceptors (Lipinski definition) is 2. The fraction of sp³-hybridized carbons (Fsp3) is 0.615. The second-order valence-electron chi connectivity index (χ2n) is 8.71. The van der Waals surface area contributed by atoms with Crippen molar-refractivity contribution < 1.29 is 0 Å². The number of hydrogen-bond donors (Lipinski definition) is 0. The Morgan fingerprint density at radius 1 is 0.750 bits per heavy atom. The van der Waals surface area contributed by atoms with Gasteiger partial charge in [-0.3, -0.25) is 0 Å². The molecule has 152 valence electrons. The number of rotatable bonds is 10. The van der Waals surface area contributed by atoms with Gasteiger partial charge in [0.05, 0.1) is 0 Å². The fourth-order valence-corrected chi connectivity index (χ4v) is 4.61. The molecule has 0 radical (unpaired) electrons. The molecule has 2 aromatic rings. The third kappa shape index (κ3) is 6.43. The lowest BCUT2D eigenvalue weighted by Gasteiger charge is -2.28. The van der Waals surface area contributed by atoms with E-state index in [4.69, 9.17) is 0 Å². The molecule has 0 unspecified atom stereocenters. The molecule has 1 heterocycles. The van der Waals surface area contributed by atoms with Gasteiger partial charge in [0.25, 0.3) is 0 Å². The summed E-state index contributed by atoms with van der Waals surface area (Å²) in [6, 6.07) is 9.16. The van der Waals surface area contributed by atoms with Gasteiger partial charge in [-0.25, -0.2) is 9.97 Å². The molecule has 0 saturated heterocycles. The molecule has 1 saturated carbocycles. The van der Waals surface area contributed by atoms with Crippen molar-refractivity contribution in [2.45, 2.75) is 96.8 Å². The predicted molar refractivity (Wildman–Crippen MR) is 119 cm³/mol. The van der Waals surface area contributed by atoms with Crippen molar-refractivity contribution in [3.63, 3.8) is 0 Å². The van der Waals surface area contributed by atoms with E-state index in [0.717, 1.165) is 24.6 Å². The Hall–Kier alpha value is -1.70. The van der Waals surface area contributed by atoms with Gasteiger partial charge in [-0.05, 0) is 73.5 Å². The number of nitrogens with zero attached hydrogens (tertiary/aromatic N) is 2. The lowest BCUT2D eigenvalue weighted by atomic mass is 9.78. The van der Waals surface area contributed by atoms with E-state index in [-0.39, 0.29) is 0 Å². The van der Waals surface area contributed by atoms with Crippen LogP contribution in [0.15, 0.2) is 36.7 Å². The Morgan fingerprint density at radius 2 is 1.39 bits per heavy atom. The van der Waals surface area contributed by atoms with Crippen molar-refractivity contribution in [3.05, 3.63) is 59.2 Å². The van der Waals surface area contributed by atoms with Gasteiger partial charge in [-0.2, -0.15) is 0 Å². The van der Waals surface area contributed by atoms with Crippen LogP contribution in [0.3, 0.4) is 0 Å². The van der Waals surface area contributed by atoms with Crippen LogP contribution in [0.4, 0.5) is 0 Å². The van der Waals surface area contributed by atoms with Gasteiger partial charge in [-0.15, -0.1) is 0 Å². The standard InChI is InChI=1S/C26H38N2/c1-3-5-6-8-22-9-11-23(12-10-22)15-18-26-27-19-25(20-28-26)24-16-13-21(7-4-2)14-17-24/h9-12,19-21,24H,3-8,13-18H2,1-2H3/t21-,24-. The summed E-state index contributed by atoms with van der Waals surface area (Å²) in [4.78, 5) is 9.36. The zero-order valence-corrected chi connectivity index (χ0v) is 18.0. The quantitative estimate of drug-likeness (QED) is 0.413. The molecule has 28 heavy (non-hydrogen) atoms. The Morgan fingerprint density at radius 3 is 2.00 bits per heavy atom. The molecule has 1 aromatic heterocycles. The SMILES string of the molecule is CCCCCc1ccc(CCc2ncc([C@H]3CC[C@H](CCC)CC3)cn2)cc1. The zero-order chi connectivity index (χ0) is 19.6. The molecular formula is C26H38N2. The lowest BCUT2D eigenvalue weighted by molar-refractivity contribution is 0.307. The van der Waals surface area contributed by atoms with Gasteiger partial charge in [0.1, 0.15) is 5.82 Å². The van der Waals surface area contributed by atoms with Crippen LogP contribution in [0.5, 0.6) is 0 Å². The first-order chi connectivity index (χ1) is 13.8. The maximum absolute atomic E-state index is 4.68. The van der Waals surface area contributed by atoms with E-state index < -0.39 is 0 Å². The van der Waals surface area contributed by atoms with Gasteiger partial charge in [-0.1, -0.05) is 63.8 Å². The number of aryl methyl sites for hydroxylation is 3. The maximum Gasteiger partial charge on any atom is 0.128 e. The largest absolute Gasteiger partial charge is 0.241 e. The summed E-state index contributed by atoms with van der Waals surface area (Å²) < 4.78 is 0. The minimum atomic E-state index is 0.683. The molecule has 2 heteroatoms. The van der Waals surface area contributed by atoms with Crippen LogP contribution in [-0.2, 0) is 19.3 Å². The summed E-state index contributed by atoms with van der Waals surface area (Å²) in [5.74, 6) is 2.62. The number of benzene rings is 1. The predicted octanol–water partition coefficient (Wildman–Crippen LogP) is 7.07. The molecule has 1 aliphatic carbocycles. The van der Waals surface area contributed by atoms with E-state index in [9.17, 15) is 0 Å². The second kappa shape index (κ2) is 11.3. The van der Waals surface area contributed by atoms with Crippen molar-refractivity contribution in [3.8, 4) is 0 Å². The highest BCUT2D eigenvalue weighted by atomic mass is 14.9. The maximum atomic E-state index is 4.68. The van der Waals surface area contributed by atoms with Gasteiger partial charge in [0.2, 0.25) is 0 Å². The van der Waals surface area contributed by atoms with E-state index in [2.05, 4.69) is 60.5 Å². The first kappa shape index (κ1) is 21.0. The van der Waals surface area contributed by atoms with Crippen LogP contribution >= 0.6 is 0 Å². The Labute approximate surface area is 172 Å². The Kier molecular flexibility index (Phi) is 8.51. The third-order valence-corrected chi connectivity index (χ3v) is 6.47. The minimum Gasteiger partial charge on any atom is -0.241 e. The van der Waals surface area contributed by atoms with E-state index in [0.29, 0.717) is 5.92 Å². The average Bonchev–Trinajstić information content (AvgIpc) is 2.75. The molecular weight excluding hydrogens is 340 g/mol. The topological polar surface area (TPSA) is 25.8 Å². The molecule has 0 aliphatic heterocycles. The van der Waals surface area contributed by atoms with Crippen molar-refractivity contribution in [1.82, 2.24) is 9.97 Å². The molecule has 1 fully saturated rings. The number of aromatic nitrogens is 2. The minimum absolute atomic E-state index is 0.683. The van der Waals surface area contributed by atoms with Crippen molar-refractivity contribution >= 4 is 0 Å². The highest BCUT2D eigenvalue weighted by molar-refractivity contribution is 5.23. The normalized spacial score (nSPS) is 19.6. The van der Waals surface area contributed by atoms with E-state index in [1.54, 1.807) is 0 Å². The van der Waals surface area contributed by atoms with Crippen molar-refractivity contribution in [2.24, 2.45) is 5.92 Å². The zero-order valence-electron chi connectivity index (χ0n) is 18.0. The molecule has 0 atom stereocenters. The van der Waals surface area contributed by atoms with Crippen molar-refractivity contribution in [2.75, 3.05) is 0 Å². The van der Waals surface area contributed by atoms with Crippen LogP contribution in [0, 0.1) is 5.92 Å². The molecule has 0 bridgehead atoms. The monoisotopic (exact) mass is 378 g/mol. The van der Waals surface area contributed by atoms with E-state index in [1.807, 2.05) is 0 Å². The van der Waals surface area contributed by atoms with Gasteiger partial charge in [0.15, 0.2) is 0 Å². The summed E-state index contributed by atoms with van der Waals surface area (Å²) in [6.45, 7) is 4.57. The lowest BCUT2D eigenvalue weighted by Crippen LogP contribution is -2.14. The van der Waals surface area contributed by atoms with Crippen LogP contribution in [0.2, 0.25) is 0 Å². The summed E-state index contributed by atoms with van der Waals surface area (Å²) in [5.41, 5.74) is 4.21. The first-order valence-electron chi connectivity index (χ1n) is 11.7. The summed E-state index contributed by atoms with van der Waals surface area (Å²) >= 11 is 0. The van der Waals surface area contributed by atoms with E-state index >= 15 is 0 Å². The molecule has 0 spiro atoms. The average molecular weight is 379 g/mol.